The van der Waals surface area contributed by atoms with Gasteiger partial charge in [-0.3, -0.25) is 4.79 Å². The summed E-state index contributed by atoms with van der Waals surface area (Å²) in [6, 6.07) is 6.00. The number of carbonyl (C=O) groups is 1. The molecule has 2 atom stereocenters. The average Bonchev–Trinajstić information content (AvgIpc) is 3.02. The van der Waals surface area contributed by atoms with Crippen LogP contribution in [0.25, 0.3) is 0 Å². The summed E-state index contributed by atoms with van der Waals surface area (Å²) in [6.07, 6.45) is 5.65. The summed E-state index contributed by atoms with van der Waals surface area (Å²) in [7, 11) is 0. The summed E-state index contributed by atoms with van der Waals surface area (Å²) in [5.41, 5.74) is 3.45. The van der Waals surface area contributed by atoms with E-state index in [-0.39, 0.29) is 12.0 Å². The van der Waals surface area contributed by atoms with Crippen molar-refractivity contribution >= 4 is 23.5 Å². The molecule has 0 aromatic heterocycles. The second-order valence-electron chi connectivity index (χ2n) is 7.58. The second-order valence-corrected chi connectivity index (χ2v) is 7.58. The summed E-state index contributed by atoms with van der Waals surface area (Å²) < 4.78 is 17.3. The van der Waals surface area contributed by atoms with Gasteiger partial charge in [0.05, 0.1) is 37.7 Å². The van der Waals surface area contributed by atoms with E-state index in [4.69, 9.17) is 14.2 Å². The fourth-order valence-corrected chi connectivity index (χ4v) is 4.01. The Balaban J connectivity index is 0.00000141. The Hall–Kier alpha value is -2.48. The SMILES string of the molecule is C=CC1=C(/N=C\C)Nc2ccc(C3COCCO3)cc2N(C(=O)[C@H]2CCCCO2)C1.CC. The predicted octanol–water partition coefficient (Wildman–Crippen LogP) is 4.62. The van der Waals surface area contributed by atoms with Crippen molar-refractivity contribution in [3.63, 3.8) is 0 Å². The molecule has 1 aromatic carbocycles. The first-order valence-electron chi connectivity index (χ1n) is 11.6. The van der Waals surface area contributed by atoms with Gasteiger partial charge >= 0.3 is 0 Å². The molecule has 7 heteroatoms. The van der Waals surface area contributed by atoms with Crippen molar-refractivity contribution in [3.8, 4) is 0 Å². The van der Waals surface area contributed by atoms with Crippen LogP contribution in [0.4, 0.5) is 11.4 Å². The van der Waals surface area contributed by atoms with Gasteiger partial charge < -0.3 is 24.4 Å². The third-order valence-electron chi connectivity index (χ3n) is 5.61. The monoisotopic (exact) mass is 441 g/mol. The lowest BCUT2D eigenvalue weighted by molar-refractivity contribution is -0.132. The maximum Gasteiger partial charge on any atom is 0.256 e. The van der Waals surface area contributed by atoms with Gasteiger partial charge in [0.2, 0.25) is 0 Å². The smallest absolute Gasteiger partial charge is 0.256 e. The Kier molecular flexibility index (Phi) is 9.02. The number of rotatable bonds is 4. The van der Waals surface area contributed by atoms with Crippen LogP contribution >= 0.6 is 0 Å². The van der Waals surface area contributed by atoms with E-state index in [1.807, 2.05) is 39.0 Å². The highest BCUT2D eigenvalue weighted by molar-refractivity contribution is 6.01. The molecule has 3 heterocycles. The molecule has 1 aromatic rings. The minimum atomic E-state index is -0.424. The fourth-order valence-electron chi connectivity index (χ4n) is 4.01. The van der Waals surface area contributed by atoms with E-state index < -0.39 is 6.10 Å². The normalized spacial score (nSPS) is 23.5. The van der Waals surface area contributed by atoms with Gasteiger partial charge in [0.15, 0.2) is 0 Å². The van der Waals surface area contributed by atoms with Crippen LogP contribution in [0.15, 0.2) is 47.2 Å². The van der Waals surface area contributed by atoms with E-state index in [0.717, 1.165) is 41.8 Å². The number of benzene rings is 1. The van der Waals surface area contributed by atoms with Crippen LogP contribution in [0.5, 0.6) is 0 Å². The minimum Gasteiger partial charge on any atom is -0.376 e. The molecule has 0 aliphatic carbocycles. The molecule has 0 spiro atoms. The molecule has 0 bridgehead atoms. The minimum absolute atomic E-state index is 0.0307. The lowest BCUT2D eigenvalue weighted by atomic mass is 10.0. The molecule has 174 valence electrons. The molecule has 32 heavy (non-hydrogen) atoms. The van der Waals surface area contributed by atoms with E-state index in [1.165, 1.54) is 0 Å². The van der Waals surface area contributed by atoms with Crippen LogP contribution in [0, 0.1) is 0 Å². The standard InChI is InChI=1S/C23H29N3O4.C2H6/c1-3-16-14-26(23(27)20-7-5-6-10-29-20)19-13-17(21-15-28-11-12-30-21)8-9-18(19)25-22(16)24-4-2;1-2/h3-4,8-9,13,20-21,25H,1,5-7,10-12,14-15H2,2H3;1-2H3/b24-4-;/t20-,21?;/m1./s1. The highest BCUT2D eigenvalue weighted by Crippen LogP contribution is 2.36. The summed E-state index contributed by atoms with van der Waals surface area (Å²) in [4.78, 5) is 19.8. The van der Waals surface area contributed by atoms with Gasteiger partial charge in [0.25, 0.3) is 5.91 Å². The van der Waals surface area contributed by atoms with Crippen molar-refractivity contribution in [1.82, 2.24) is 0 Å². The van der Waals surface area contributed by atoms with Crippen molar-refractivity contribution in [2.75, 3.05) is 43.2 Å². The predicted molar refractivity (Wildman–Crippen MR) is 128 cm³/mol. The molecular formula is C25H35N3O4. The van der Waals surface area contributed by atoms with Crippen LogP contribution in [0.3, 0.4) is 0 Å². The lowest BCUT2D eigenvalue weighted by Crippen LogP contribution is -2.43. The number of hydrogen-bond donors (Lipinski definition) is 1. The Bertz CT molecular complexity index is 853. The number of nitrogens with one attached hydrogen (secondary N) is 1. The molecule has 3 aliphatic rings. The van der Waals surface area contributed by atoms with Gasteiger partial charge in [0.1, 0.15) is 18.0 Å². The number of amides is 1. The third kappa shape index (κ3) is 5.46. The summed E-state index contributed by atoms with van der Waals surface area (Å²) in [5, 5.41) is 3.38. The van der Waals surface area contributed by atoms with E-state index in [9.17, 15) is 4.79 Å². The number of aliphatic imine (C=N–C) groups is 1. The number of fused-ring (bicyclic) bond motifs is 1. The van der Waals surface area contributed by atoms with Gasteiger partial charge in [0, 0.05) is 18.4 Å². The first-order chi connectivity index (χ1) is 15.7. The zero-order chi connectivity index (χ0) is 22.9. The summed E-state index contributed by atoms with van der Waals surface area (Å²) >= 11 is 0. The van der Waals surface area contributed by atoms with Crippen molar-refractivity contribution in [2.24, 2.45) is 4.99 Å². The van der Waals surface area contributed by atoms with Gasteiger partial charge in [-0.1, -0.05) is 32.6 Å². The number of carbonyl (C=O) groups excluding carboxylic acids is 1. The van der Waals surface area contributed by atoms with Crippen LogP contribution < -0.4 is 10.2 Å². The van der Waals surface area contributed by atoms with Crippen molar-refractivity contribution in [2.45, 2.75) is 52.2 Å². The van der Waals surface area contributed by atoms with Crippen LogP contribution in [0.1, 0.15) is 51.7 Å². The molecule has 1 amide bonds. The number of hydrogen-bond acceptors (Lipinski definition) is 6. The zero-order valence-corrected chi connectivity index (χ0v) is 19.4. The number of nitrogens with zero attached hydrogens (tertiary/aromatic N) is 2. The summed E-state index contributed by atoms with van der Waals surface area (Å²) in [6.45, 7) is 12.5. The molecule has 1 unspecified atom stereocenters. The highest BCUT2D eigenvalue weighted by Gasteiger charge is 2.32. The Morgan fingerprint density at radius 1 is 1.22 bits per heavy atom. The van der Waals surface area contributed by atoms with Crippen molar-refractivity contribution < 1.29 is 19.0 Å². The fraction of sp³-hybridized carbons (Fsp3) is 0.520. The van der Waals surface area contributed by atoms with E-state index >= 15 is 0 Å². The average molecular weight is 442 g/mol. The first kappa shape index (κ1) is 24.2. The van der Waals surface area contributed by atoms with Crippen LogP contribution in [-0.4, -0.2) is 51.2 Å². The first-order valence-corrected chi connectivity index (χ1v) is 11.6. The molecule has 7 nitrogen and oxygen atoms in total. The molecule has 2 fully saturated rings. The summed E-state index contributed by atoms with van der Waals surface area (Å²) in [5.74, 6) is 0.662. The lowest BCUT2D eigenvalue weighted by Gasteiger charge is -2.31. The number of ether oxygens (including phenoxy) is 3. The Labute approximate surface area is 191 Å². The quantitative estimate of drug-likeness (QED) is 0.691. The molecule has 3 aliphatic heterocycles. The highest BCUT2D eigenvalue weighted by atomic mass is 16.6. The van der Waals surface area contributed by atoms with Gasteiger partial charge in [-0.05, 0) is 43.9 Å². The van der Waals surface area contributed by atoms with E-state index in [1.54, 1.807) is 17.2 Å². The van der Waals surface area contributed by atoms with Crippen molar-refractivity contribution in [3.05, 3.63) is 47.8 Å². The Morgan fingerprint density at radius 3 is 2.72 bits per heavy atom. The molecular weight excluding hydrogens is 406 g/mol. The topological polar surface area (TPSA) is 72.4 Å². The Morgan fingerprint density at radius 2 is 2.06 bits per heavy atom. The second kappa shape index (κ2) is 11.9. The van der Waals surface area contributed by atoms with Crippen molar-refractivity contribution in [1.29, 1.82) is 0 Å². The molecule has 0 radical (unpaired) electrons. The molecule has 0 saturated carbocycles. The van der Waals surface area contributed by atoms with Gasteiger partial charge in [-0.25, -0.2) is 4.99 Å². The van der Waals surface area contributed by atoms with E-state index in [2.05, 4.69) is 16.9 Å². The maximum absolute atomic E-state index is 13.5. The molecule has 2 saturated heterocycles. The maximum atomic E-state index is 13.5. The molecule has 4 rings (SSSR count). The largest absolute Gasteiger partial charge is 0.376 e. The van der Waals surface area contributed by atoms with Crippen LogP contribution in [0.2, 0.25) is 0 Å². The third-order valence-corrected chi connectivity index (χ3v) is 5.61. The van der Waals surface area contributed by atoms with Gasteiger partial charge in [-0.2, -0.15) is 0 Å². The zero-order valence-electron chi connectivity index (χ0n) is 19.4. The van der Waals surface area contributed by atoms with Gasteiger partial charge in [-0.15, -0.1) is 0 Å². The van der Waals surface area contributed by atoms with Crippen LogP contribution in [-0.2, 0) is 19.0 Å². The molecule has 1 N–H and O–H groups in total. The van der Waals surface area contributed by atoms with E-state index in [0.29, 0.717) is 38.8 Å². The number of anilines is 2.